The molecule has 0 spiro atoms. The second-order valence-electron chi connectivity index (χ2n) is 4.25. The molecule has 0 fully saturated rings. The van der Waals surface area contributed by atoms with Crippen molar-refractivity contribution in [3.05, 3.63) is 42.1 Å². The molecule has 0 bridgehead atoms. The summed E-state index contributed by atoms with van der Waals surface area (Å²) in [5.41, 5.74) is 4.91. The Balaban J connectivity index is 2.17. The zero-order chi connectivity index (χ0) is 12.8. The topological polar surface area (TPSA) is 60.2 Å². The predicted octanol–water partition coefficient (Wildman–Crippen LogP) is 2.17. The Bertz CT molecular complexity index is 501. The van der Waals surface area contributed by atoms with Gasteiger partial charge in [-0.2, -0.15) is 0 Å². The first-order valence-electron chi connectivity index (χ1n) is 6.23. The summed E-state index contributed by atoms with van der Waals surface area (Å²) < 4.78 is 5.54. The van der Waals surface area contributed by atoms with Crippen LogP contribution in [0, 0.1) is 0 Å². The molecule has 1 unspecified atom stereocenters. The lowest BCUT2D eigenvalue weighted by atomic mass is 10.1. The summed E-state index contributed by atoms with van der Waals surface area (Å²) in [5.74, 6) is 5.59. The van der Waals surface area contributed by atoms with E-state index in [1.807, 2.05) is 24.3 Å². The Morgan fingerprint density at radius 3 is 3.06 bits per heavy atom. The van der Waals surface area contributed by atoms with E-state index in [1.54, 1.807) is 6.20 Å². The van der Waals surface area contributed by atoms with Crippen LogP contribution >= 0.6 is 0 Å². The van der Waals surface area contributed by atoms with Crippen molar-refractivity contribution in [2.24, 2.45) is 5.84 Å². The smallest absolute Gasteiger partial charge is 0.0702 e. The third kappa shape index (κ3) is 3.04. The van der Waals surface area contributed by atoms with Gasteiger partial charge in [-0.15, -0.1) is 0 Å². The fourth-order valence-corrected chi connectivity index (χ4v) is 1.90. The highest BCUT2D eigenvalue weighted by Crippen LogP contribution is 2.18. The van der Waals surface area contributed by atoms with Gasteiger partial charge >= 0.3 is 0 Å². The van der Waals surface area contributed by atoms with Crippen molar-refractivity contribution < 1.29 is 4.74 Å². The Morgan fingerprint density at radius 1 is 1.39 bits per heavy atom. The second-order valence-corrected chi connectivity index (χ2v) is 4.25. The molecule has 4 nitrogen and oxygen atoms in total. The highest BCUT2D eigenvalue weighted by atomic mass is 16.5. The van der Waals surface area contributed by atoms with Gasteiger partial charge in [0.1, 0.15) is 0 Å². The molecule has 1 atom stereocenters. The van der Waals surface area contributed by atoms with Crippen molar-refractivity contribution in [1.82, 2.24) is 10.4 Å². The van der Waals surface area contributed by atoms with Gasteiger partial charge in [-0.3, -0.25) is 16.3 Å². The van der Waals surface area contributed by atoms with Gasteiger partial charge in [0.05, 0.1) is 18.2 Å². The van der Waals surface area contributed by atoms with Crippen molar-refractivity contribution in [2.75, 3.05) is 13.2 Å². The van der Waals surface area contributed by atoms with Gasteiger partial charge in [-0.1, -0.05) is 19.1 Å². The number of nitrogens with one attached hydrogen (secondary N) is 1. The Morgan fingerprint density at radius 2 is 2.28 bits per heavy atom. The minimum absolute atomic E-state index is 0.0150. The van der Waals surface area contributed by atoms with Crippen LogP contribution in [-0.2, 0) is 4.74 Å². The van der Waals surface area contributed by atoms with Crippen LogP contribution in [0.2, 0.25) is 0 Å². The number of hydrogen-bond acceptors (Lipinski definition) is 4. The van der Waals surface area contributed by atoms with Crippen molar-refractivity contribution >= 4 is 10.9 Å². The van der Waals surface area contributed by atoms with Crippen LogP contribution in [0.4, 0.5) is 0 Å². The van der Waals surface area contributed by atoms with Gasteiger partial charge < -0.3 is 4.74 Å². The lowest BCUT2D eigenvalue weighted by Crippen LogP contribution is -2.31. The molecule has 96 valence electrons. The maximum Gasteiger partial charge on any atom is 0.0702 e. The van der Waals surface area contributed by atoms with Crippen LogP contribution in [0.25, 0.3) is 10.9 Å². The van der Waals surface area contributed by atoms with E-state index >= 15 is 0 Å². The highest BCUT2D eigenvalue weighted by Gasteiger charge is 2.10. The monoisotopic (exact) mass is 245 g/mol. The van der Waals surface area contributed by atoms with Gasteiger partial charge in [0, 0.05) is 18.2 Å². The molecule has 0 amide bonds. The number of nitrogens with two attached hydrogens (primary N) is 1. The van der Waals surface area contributed by atoms with E-state index in [0.717, 1.165) is 29.5 Å². The normalized spacial score (nSPS) is 12.8. The number of benzene rings is 1. The van der Waals surface area contributed by atoms with E-state index in [4.69, 9.17) is 10.6 Å². The van der Waals surface area contributed by atoms with E-state index < -0.39 is 0 Å². The minimum atomic E-state index is 0.0150. The lowest BCUT2D eigenvalue weighted by Gasteiger charge is -2.16. The van der Waals surface area contributed by atoms with Gasteiger partial charge in [0.15, 0.2) is 0 Å². The molecule has 0 aliphatic heterocycles. The lowest BCUT2D eigenvalue weighted by molar-refractivity contribution is 0.112. The van der Waals surface area contributed by atoms with Crippen LogP contribution < -0.4 is 11.3 Å². The second kappa shape index (κ2) is 6.44. The van der Waals surface area contributed by atoms with Crippen molar-refractivity contribution in [2.45, 2.75) is 19.4 Å². The summed E-state index contributed by atoms with van der Waals surface area (Å²) in [6.45, 7) is 3.43. The quantitative estimate of drug-likeness (QED) is 0.465. The van der Waals surface area contributed by atoms with Crippen molar-refractivity contribution in [1.29, 1.82) is 0 Å². The molecule has 2 aromatic rings. The van der Waals surface area contributed by atoms with Crippen LogP contribution in [-0.4, -0.2) is 18.2 Å². The predicted molar refractivity (Wildman–Crippen MR) is 72.9 cm³/mol. The molecule has 0 radical (unpaired) electrons. The van der Waals surface area contributed by atoms with Gasteiger partial charge in [0.2, 0.25) is 0 Å². The van der Waals surface area contributed by atoms with Crippen LogP contribution in [0.1, 0.15) is 24.9 Å². The first kappa shape index (κ1) is 13.0. The molecule has 18 heavy (non-hydrogen) atoms. The fraction of sp³-hybridized carbons (Fsp3) is 0.357. The van der Waals surface area contributed by atoms with E-state index in [-0.39, 0.29) is 6.04 Å². The molecule has 2 rings (SSSR count). The Hall–Kier alpha value is -1.49. The standard InChI is InChI=1S/C14H19N3O/c1-2-8-18-10-14(17-15)12-5-6-13-11(9-12)4-3-7-16-13/h3-7,9,14,17H,2,8,10,15H2,1H3. The largest absolute Gasteiger partial charge is 0.379 e. The fourth-order valence-electron chi connectivity index (χ4n) is 1.90. The maximum atomic E-state index is 5.59. The number of pyridine rings is 1. The molecule has 1 aromatic carbocycles. The summed E-state index contributed by atoms with van der Waals surface area (Å²) in [6.07, 6.45) is 2.81. The number of hydrogen-bond donors (Lipinski definition) is 2. The highest BCUT2D eigenvalue weighted by molar-refractivity contribution is 5.79. The molecule has 4 heteroatoms. The number of ether oxygens (including phenoxy) is 1. The van der Waals surface area contributed by atoms with Gasteiger partial charge in [0.25, 0.3) is 0 Å². The zero-order valence-electron chi connectivity index (χ0n) is 10.6. The molecule has 1 heterocycles. The van der Waals surface area contributed by atoms with E-state index in [1.165, 1.54) is 0 Å². The molecule has 0 saturated heterocycles. The maximum absolute atomic E-state index is 5.59. The van der Waals surface area contributed by atoms with Crippen LogP contribution in [0.15, 0.2) is 36.5 Å². The molecule has 0 aliphatic rings. The van der Waals surface area contributed by atoms with E-state index in [0.29, 0.717) is 6.61 Å². The van der Waals surface area contributed by atoms with Gasteiger partial charge in [-0.25, -0.2) is 0 Å². The zero-order valence-corrected chi connectivity index (χ0v) is 10.6. The third-order valence-corrected chi connectivity index (χ3v) is 2.86. The van der Waals surface area contributed by atoms with Crippen molar-refractivity contribution in [3.8, 4) is 0 Å². The van der Waals surface area contributed by atoms with Crippen molar-refractivity contribution in [3.63, 3.8) is 0 Å². The summed E-state index contributed by atoms with van der Waals surface area (Å²) in [5, 5.41) is 1.12. The number of fused-ring (bicyclic) bond motifs is 1. The Kier molecular flexibility index (Phi) is 4.64. The average molecular weight is 245 g/mol. The summed E-state index contributed by atoms with van der Waals surface area (Å²) in [4.78, 5) is 4.30. The first-order chi connectivity index (χ1) is 8.85. The molecule has 3 N–H and O–H groups in total. The number of nitrogens with zero attached hydrogens (tertiary/aromatic N) is 1. The first-order valence-corrected chi connectivity index (χ1v) is 6.23. The van der Waals surface area contributed by atoms with Crippen LogP contribution in [0.5, 0.6) is 0 Å². The third-order valence-electron chi connectivity index (χ3n) is 2.86. The Labute approximate surface area is 107 Å². The van der Waals surface area contributed by atoms with Crippen LogP contribution in [0.3, 0.4) is 0 Å². The molecule has 0 aliphatic carbocycles. The number of aromatic nitrogens is 1. The molecule has 0 saturated carbocycles. The van der Waals surface area contributed by atoms with Gasteiger partial charge in [-0.05, 0) is 30.2 Å². The number of rotatable bonds is 6. The summed E-state index contributed by atoms with van der Waals surface area (Å²) in [7, 11) is 0. The molecule has 1 aromatic heterocycles. The average Bonchev–Trinajstić information content (AvgIpc) is 2.43. The number of hydrazine groups is 1. The molecular formula is C14H19N3O. The van der Waals surface area contributed by atoms with E-state index in [2.05, 4.69) is 23.4 Å². The molecular weight excluding hydrogens is 226 g/mol. The SMILES string of the molecule is CCCOCC(NN)c1ccc2ncccc2c1. The summed E-state index contributed by atoms with van der Waals surface area (Å²) in [6, 6.07) is 10.1. The minimum Gasteiger partial charge on any atom is -0.379 e. The summed E-state index contributed by atoms with van der Waals surface area (Å²) >= 11 is 0. The van der Waals surface area contributed by atoms with E-state index in [9.17, 15) is 0 Å².